The van der Waals surface area contributed by atoms with Crippen molar-refractivity contribution in [2.75, 3.05) is 0 Å². The van der Waals surface area contributed by atoms with E-state index in [1.807, 2.05) is 12.4 Å². The molecule has 1 aromatic carbocycles. The maximum Gasteiger partial charge on any atom is 0.294 e. The van der Waals surface area contributed by atoms with E-state index in [0.717, 1.165) is 0 Å². The number of para-hydroxylation sites is 1. The van der Waals surface area contributed by atoms with Gasteiger partial charge < -0.3 is 0 Å². The van der Waals surface area contributed by atoms with Crippen LogP contribution in [-0.4, -0.2) is 9.55 Å². The molecule has 3 heteroatoms. The molecule has 3 aromatic heterocycles. The lowest BCUT2D eigenvalue weighted by Crippen LogP contribution is -2.30. The molecule has 0 bridgehead atoms. The summed E-state index contributed by atoms with van der Waals surface area (Å²) in [5.41, 5.74) is 4.85. The van der Waals surface area contributed by atoms with Gasteiger partial charge in [0, 0.05) is 18.5 Å². The number of rotatable bonds is 1. The Bertz CT molecular complexity index is 967. The van der Waals surface area contributed by atoms with Crippen LogP contribution in [0, 0.1) is 6.92 Å². The number of fused-ring (bicyclic) bond motifs is 3. The van der Waals surface area contributed by atoms with Gasteiger partial charge >= 0.3 is 0 Å². The summed E-state index contributed by atoms with van der Waals surface area (Å²) in [7, 11) is 2.09. The van der Waals surface area contributed by atoms with E-state index in [0.29, 0.717) is 0 Å². The second-order valence-corrected chi connectivity index (χ2v) is 5.37. The average molecular weight is 274 g/mol. The molecule has 0 amide bonds. The number of hydrogen-bond acceptors (Lipinski definition) is 1. The Hall–Kier alpha value is -2.68. The lowest BCUT2D eigenvalue weighted by Gasteiger charge is -2.04. The van der Waals surface area contributed by atoms with Crippen LogP contribution >= 0.6 is 0 Å². The highest BCUT2D eigenvalue weighted by Gasteiger charge is 2.22. The number of hydrogen-bond donors (Lipinski definition) is 0. The Morgan fingerprint density at radius 2 is 1.86 bits per heavy atom. The molecule has 0 saturated heterocycles. The van der Waals surface area contributed by atoms with Crippen molar-refractivity contribution in [3.63, 3.8) is 0 Å². The molecule has 0 saturated carbocycles. The first-order chi connectivity index (χ1) is 10.3. The standard InChI is InChI=1S/C18H16N3/c1-13-6-3-4-8-16(13)21-17-9-10-19-12-15(17)14-7-5-11-20(2)18(14)21/h3-12H,1-2H3/q+1. The van der Waals surface area contributed by atoms with Gasteiger partial charge in [-0.1, -0.05) is 18.2 Å². The van der Waals surface area contributed by atoms with Crippen LogP contribution in [0.25, 0.3) is 27.6 Å². The molecule has 4 rings (SSSR count). The SMILES string of the molecule is Cc1ccccc1-n1c2ccncc2c2ccc[n+](C)c21. The van der Waals surface area contributed by atoms with Gasteiger partial charge in [0.2, 0.25) is 0 Å². The van der Waals surface area contributed by atoms with Gasteiger partial charge in [-0.2, -0.15) is 4.57 Å². The van der Waals surface area contributed by atoms with E-state index >= 15 is 0 Å². The van der Waals surface area contributed by atoms with Crippen molar-refractivity contribution in [1.82, 2.24) is 9.55 Å². The highest BCUT2D eigenvalue weighted by molar-refractivity contribution is 6.06. The van der Waals surface area contributed by atoms with Crippen LogP contribution in [0.2, 0.25) is 0 Å². The molecule has 0 aliphatic carbocycles. The largest absolute Gasteiger partial charge is 0.294 e. The maximum atomic E-state index is 4.30. The second kappa shape index (κ2) is 4.42. The zero-order chi connectivity index (χ0) is 14.4. The van der Waals surface area contributed by atoms with E-state index in [9.17, 15) is 0 Å². The molecule has 4 aromatic rings. The number of aryl methyl sites for hydroxylation is 2. The first kappa shape index (κ1) is 12.1. The van der Waals surface area contributed by atoms with Crippen LogP contribution in [0.1, 0.15) is 5.56 Å². The molecule has 0 radical (unpaired) electrons. The minimum atomic E-state index is 1.19. The van der Waals surface area contributed by atoms with Gasteiger partial charge in [-0.25, -0.2) is 4.57 Å². The zero-order valence-corrected chi connectivity index (χ0v) is 12.1. The summed E-state index contributed by atoms with van der Waals surface area (Å²) in [5.74, 6) is 0. The molecule has 0 aliphatic heterocycles. The Morgan fingerprint density at radius 1 is 1.00 bits per heavy atom. The van der Waals surface area contributed by atoms with E-state index in [1.54, 1.807) is 0 Å². The van der Waals surface area contributed by atoms with Gasteiger partial charge in [-0.3, -0.25) is 4.98 Å². The summed E-state index contributed by atoms with van der Waals surface area (Å²) in [6, 6.07) is 14.8. The normalized spacial score (nSPS) is 11.3. The molecule has 0 N–H and O–H groups in total. The van der Waals surface area contributed by atoms with Gasteiger partial charge in [-0.05, 0) is 30.7 Å². The van der Waals surface area contributed by atoms with Crippen LogP contribution in [0.3, 0.4) is 0 Å². The first-order valence-corrected chi connectivity index (χ1v) is 7.06. The second-order valence-electron chi connectivity index (χ2n) is 5.37. The third-order valence-electron chi connectivity index (χ3n) is 4.04. The lowest BCUT2D eigenvalue weighted by atomic mass is 10.2. The number of nitrogens with zero attached hydrogens (tertiary/aromatic N) is 3. The molecule has 0 fully saturated rings. The Morgan fingerprint density at radius 3 is 2.71 bits per heavy atom. The summed E-state index contributed by atoms with van der Waals surface area (Å²) < 4.78 is 4.49. The third kappa shape index (κ3) is 1.67. The van der Waals surface area contributed by atoms with Gasteiger partial charge in [0.15, 0.2) is 0 Å². The number of benzene rings is 1. The molecular weight excluding hydrogens is 258 g/mol. The van der Waals surface area contributed by atoms with Crippen molar-refractivity contribution in [3.8, 4) is 5.69 Å². The monoisotopic (exact) mass is 274 g/mol. The third-order valence-corrected chi connectivity index (χ3v) is 4.04. The molecular formula is C18H16N3+. The van der Waals surface area contributed by atoms with Crippen LogP contribution in [0.4, 0.5) is 0 Å². The molecule has 0 aliphatic rings. The molecule has 0 unspecified atom stereocenters. The summed E-state index contributed by atoms with van der Waals surface area (Å²) in [4.78, 5) is 4.30. The summed E-state index contributed by atoms with van der Waals surface area (Å²) >= 11 is 0. The lowest BCUT2D eigenvalue weighted by molar-refractivity contribution is -0.647. The van der Waals surface area contributed by atoms with Crippen molar-refractivity contribution < 1.29 is 4.57 Å². The maximum absolute atomic E-state index is 4.30. The van der Waals surface area contributed by atoms with E-state index in [4.69, 9.17) is 0 Å². The molecule has 3 nitrogen and oxygen atoms in total. The predicted octanol–water partition coefficient (Wildman–Crippen LogP) is 3.31. The minimum absolute atomic E-state index is 1.19. The topological polar surface area (TPSA) is 21.7 Å². The van der Waals surface area contributed by atoms with Gasteiger partial charge in [0.25, 0.3) is 5.65 Å². The fraction of sp³-hybridized carbons (Fsp3) is 0.111. The quantitative estimate of drug-likeness (QED) is 0.488. The van der Waals surface area contributed by atoms with E-state index < -0.39 is 0 Å². The fourth-order valence-electron chi connectivity index (χ4n) is 3.05. The van der Waals surface area contributed by atoms with Crippen LogP contribution < -0.4 is 4.57 Å². The zero-order valence-electron chi connectivity index (χ0n) is 12.1. The number of pyridine rings is 2. The summed E-state index contributed by atoms with van der Waals surface area (Å²) in [6.45, 7) is 2.15. The average Bonchev–Trinajstić information content (AvgIpc) is 2.84. The molecule has 3 heterocycles. The Kier molecular flexibility index (Phi) is 2.54. The number of aromatic nitrogens is 3. The van der Waals surface area contributed by atoms with Crippen LogP contribution in [0.5, 0.6) is 0 Å². The van der Waals surface area contributed by atoms with E-state index in [-0.39, 0.29) is 0 Å². The first-order valence-electron chi connectivity index (χ1n) is 7.06. The Balaban J connectivity index is 2.28. The van der Waals surface area contributed by atoms with Gasteiger partial charge in [0.05, 0.1) is 24.0 Å². The van der Waals surface area contributed by atoms with Crippen molar-refractivity contribution >= 4 is 21.9 Å². The summed E-state index contributed by atoms with van der Waals surface area (Å²) in [5, 5.41) is 2.42. The highest BCUT2D eigenvalue weighted by atomic mass is 15.1. The van der Waals surface area contributed by atoms with Crippen LogP contribution in [-0.2, 0) is 7.05 Å². The molecule has 0 spiro atoms. The molecule has 0 atom stereocenters. The van der Waals surface area contributed by atoms with Crippen molar-refractivity contribution in [1.29, 1.82) is 0 Å². The Labute approximate surface area is 123 Å². The van der Waals surface area contributed by atoms with E-state index in [1.165, 1.54) is 33.2 Å². The van der Waals surface area contributed by atoms with Gasteiger partial charge in [-0.15, -0.1) is 0 Å². The van der Waals surface area contributed by atoms with Crippen molar-refractivity contribution in [3.05, 3.63) is 66.6 Å². The fourth-order valence-corrected chi connectivity index (χ4v) is 3.05. The molecule has 102 valence electrons. The highest BCUT2D eigenvalue weighted by Crippen LogP contribution is 2.30. The molecule has 21 heavy (non-hydrogen) atoms. The smallest absolute Gasteiger partial charge is 0.264 e. The van der Waals surface area contributed by atoms with Gasteiger partial charge in [0.1, 0.15) is 11.2 Å². The summed E-state index contributed by atoms with van der Waals surface area (Å²) in [6.07, 6.45) is 5.89. The van der Waals surface area contributed by atoms with Crippen LogP contribution in [0.15, 0.2) is 61.1 Å². The van der Waals surface area contributed by atoms with E-state index in [2.05, 4.69) is 76.8 Å². The predicted molar refractivity (Wildman–Crippen MR) is 84.5 cm³/mol. The minimum Gasteiger partial charge on any atom is -0.264 e. The van der Waals surface area contributed by atoms with Crippen molar-refractivity contribution in [2.45, 2.75) is 6.92 Å². The van der Waals surface area contributed by atoms with Crippen molar-refractivity contribution in [2.24, 2.45) is 7.05 Å².